The normalized spacial score (nSPS) is 10.7. The third kappa shape index (κ3) is 6.04. The lowest BCUT2D eigenvalue weighted by atomic mass is 10.1. The van der Waals surface area contributed by atoms with Crippen LogP contribution in [0, 0.1) is 0 Å². The number of hydrogen-bond acceptors (Lipinski definition) is 3. The van der Waals surface area contributed by atoms with Crippen LogP contribution in [0.1, 0.15) is 29.8 Å². The fourth-order valence-corrected chi connectivity index (χ4v) is 3.52. The maximum absolute atomic E-state index is 12.4. The van der Waals surface area contributed by atoms with Gasteiger partial charge in [-0.3, -0.25) is 4.79 Å². The third-order valence-electron chi connectivity index (χ3n) is 3.92. The van der Waals surface area contributed by atoms with Crippen molar-refractivity contribution in [2.45, 2.75) is 30.6 Å². The van der Waals surface area contributed by atoms with Crippen LogP contribution in [-0.4, -0.2) is 12.0 Å². The van der Waals surface area contributed by atoms with Crippen LogP contribution in [0.3, 0.4) is 0 Å². The van der Waals surface area contributed by atoms with Gasteiger partial charge in [0.15, 0.2) is 0 Å². The number of benzene rings is 3. The average molecular weight is 412 g/mol. The van der Waals surface area contributed by atoms with Gasteiger partial charge in [-0.1, -0.05) is 23.7 Å². The first-order valence-corrected chi connectivity index (χ1v) is 10.4. The largest absolute Gasteiger partial charge is 0.491 e. The van der Waals surface area contributed by atoms with Crippen molar-refractivity contribution in [1.29, 1.82) is 0 Å². The smallest absolute Gasteiger partial charge is 0.255 e. The Morgan fingerprint density at radius 3 is 2.21 bits per heavy atom. The SMILES string of the molecule is CC(C)Oc1ccc(NC(=O)c2ccc(CSc3ccc(Cl)cc3)cc2)cc1. The van der Waals surface area contributed by atoms with Gasteiger partial charge >= 0.3 is 0 Å². The van der Waals surface area contributed by atoms with E-state index in [0.717, 1.165) is 32.7 Å². The van der Waals surface area contributed by atoms with E-state index in [1.165, 1.54) is 0 Å². The van der Waals surface area contributed by atoms with Crippen molar-refractivity contribution in [3.8, 4) is 5.75 Å². The molecule has 0 aliphatic carbocycles. The van der Waals surface area contributed by atoms with E-state index in [9.17, 15) is 4.79 Å². The molecule has 3 nitrogen and oxygen atoms in total. The Hall–Kier alpha value is -2.43. The number of carbonyl (C=O) groups is 1. The molecule has 0 saturated heterocycles. The van der Waals surface area contributed by atoms with Crippen LogP contribution >= 0.6 is 23.4 Å². The zero-order valence-corrected chi connectivity index (χ0v) is 17.4. The van der Waals surface area contributed by atoms with Gasteiger partial charge in [-0.2, -0.15) is 0 Å². The van der Waals surface area contributed by atoms with Crippen LogP contribution in [0.15, 0.2) is 77.7 Å². The molecule has 0 saturated carbocycles. The van der Waals surface area contributed by atoms with Gasteiger partial charge < -0.3 is 10.1 Å². The van der Waals surface area contributed by atoms with Gasteiger partial charge in [-0.15, -0.1) is 11.8 Å². The molecule has 28 heavy (non-hydrogen) atoms. The van der Waals surface area contributed by atoms with Gasteiger partial charge in [0, 0.05) is 26.9 Å². The van der Waals surface area contributed by atoms with Crippen molar-refractivity contribution in [3.05, 3.63) is 88.9 Å². The lowest BCUT2D eigenvalue weighted by Crippen LogP contribution is -2.12. The number of thioether (sulfide) groups is 1. The highest BCUT2D eigenvalue weighted by molar-refractivity contribution is 7.98. The van der Waals surface area contributed by atoms with Crippen LogP contribution in [-0.2, 0) is 5.75 Å². The molecule has 3 aromatic rings. The molecule has 0 aliphatic rings. The van der Waals surface area contributed by atoms with Gasteiger partial charge in [0.1, 0.15) is 5.75 Å². The molecule has 0 bridgehead atoms. The summed E-state index contributed by atoms with van der Waals surface area (Å²) in [7, 11) is 0. The van der Waals surface area contributed by atoms with E-state index in [4.69, 9.17) is 16.3 Å². The number of carbonyl (C=O) groups excluding carboxylic acids is 1. The number of hydrogen-bond donors (Lipinski definition) is 1. The molecular formula is C23H22ClNO2S. The highest BCUT2D eigenvalue weighted by atomic mass is 35.5. The Bertz CT molecular complexity index is 907. The maximum Gasteiger partial charge on any atom is 0.255 e. The zero-order chi connectivity index (χ0) is 19.9. The molecule has 0 radical (unpaired) electrons. The van der Waals surface area contributed by atoms with Crippen molar-refractivity contribution in [1.82, 2.24) is 0 Å². The number of anilines is 1. The zero-order valence-electron chi connectivity index (χ0n) is 15.8. The molecule has 1 amide bonds. The predicted octanol–water partition coefficient (Wildman–Crippen LogP) is 6.67. The van der Waals surface area contributed by atoms with Gasteiger partial charge in [-0.05, 0) is 80.1 Å². The molecule has 5 heteroatoms. The van der Waals surface area contributed by atoms with E-state index in [2.05, 4.69) is 5.32 Å². The van der Waals surface area contributed by atoms with Crippen LogP contribution in [0.25, 0.3) is 0 Å². The van der Waals surface area contributed by atoms with Crippen molar-refractivity contribution in [2.75, 3.05) is 5.32 Å². The summed E-state index contributed by atoms with van der Waals surface area (Å²) in [4.78, 5) is 13.6. The summed E-state index contributed by atoms with van der Waals surface area (Å²) in [6, 6.07) is 22.8. The van der Waals surface area contributed by atoms with Gasteiger partial charge in [-0.25, -0.2) is 0 Å². The second-order valence-electron chi connectivity index (χ2n) is 6.58. The predicted molar refractivity (Wildman–Crippen MR) is 118 cm³/mol. The number of halogens is 1. The van der Waals surface area contributed by atoms with E-state index >= 15 is 0 Å². The summed E-state index contributed by atoms with van der Waals surface area (Å²) >= 11 is 7.64. The minimum absolute atomic E-state index is 0.122. The summed E-state index contributed by atoms with van der Waals surface area (Å²) in [5.74, 6) is 1.49. The first-order valence-electron chi connectivity index (χ1n) is 9.05. The molecule has 3 aromatic carbocycles. The minimum atomic E-state index is -0.130. The molecule has 0 aromatic heterocycles. The minimum Gasteiger partial charge on any atom is -0.491 e. The Labute approximate surface area is 175 Å². The maximum atomic E-state index is 12.4. The monoisotopic (exact) mass is 411 g/mol. The molecule has 144 valence electrons. The van der Waals surface area contributed by atoms with E-state index in [1.54, 1.807) is 11.8 Å². The molecule has 0 unspecified atom stereocenters. The summed E-state index contributed by atoms with van der Waals surface area (Å²) in [6.07, 6.45) is 0.122. The fourth-order valence-electron chi connectivity index (χ4n) is 2.54. The van der Waals surface area contributed by atoms with Crippen LogP contribution < -0.4 is 10.1 Å². The number of amides is 1. The second-order valence-corrected chi connectivity index (χ2v) is 8.07. The van der Waals surface area contributed by atoms with E-state index in [-0.39, 0.29) is 12.0 Å². The van der Waals surface area contributed by atoms with Crippen LogP contribution in [0.2, 0.25) is 5.02 Å². The second kappa shape index (κ2) is 9.67. The summed E-state index contributed by atoms with van der Waals surface area (Å²) < 4.78 is 5.61. The number of ether oxygens (including phenoxy) is 1. The summed E-state index contributed by atoms with van der Waals surface area (Å²) in [6.45, 7) is 3.96. The van der Waals surface area contributed by atoms with Crippen LogP contribution in [0.5, 0.6) is 5.75 Å². The fraction of sp³-hybridized carbons (Fsp3) is 0.174. The highest BCUT2D eigenvalue weighted by Crippen LogP contribution is 2.24. The van der Waals surface area contributed by atoms with E-state index < -0.39 is 0 Å². The quantitative estimate of drug-likeness (QED) is 0.441. The first kappa shape index (κ1) is 20.3. The molecule has 0 fully saturated rings. The van der Waals surface area contributed by atoms with Gasteiger partial charge in [0.25, 0.3) is 5.91 Å². The standard InChI is InChI=1S/C23H22ClNO2S/c1-16(2)27-21-11-9-20(10-12-21)25-23(26)18-5-3-17(4-6-18)15-28-22-13-7-19(24)8-14-22/h3-14,16H,15H2,1-2H3,(H,25,26). The van der Waals surface area contributed by atoms with Crippen LogP contribution in [0.4, 0.5) is 5.69 Å². The topological polar surface area (TPSA) is 38.3 Å². The Morgan fingerprint density at radius 2 is 1.61 bits per heavy atom. The summed E-state index contributed by atoms with van der Waals surface area (Å²) in [5, 5.41) is 3.65. The Kier molecular flexibility index (Phi) is 7.01. The van der Waals surface area contributed by atoms with E-state index in [0.29, 0.717) is 5.56 Å². The molecule has 0 atom stereocenters. The summed E-state index contributed by atoms with van der Waals surface area (Å²) in [5.41, 5.74) is 2.53. The number of rotatable bonds is 7. The third-order valence-corrected chi connectivity index (χ3v) is 5.25. The molecule has 0 heterocycles. The first-order chi connectivity index (χ1) is 13.5. The van der Waals surface area contributed by atoms with E-state index in [1.807, 2.05) is 86.6 Å². The average Bonchev–Trinajstić information content (AvgIpc) is 2.69. The van der Waals surface area contributed by atoms with Gasteiger partial charge in [0.2, 0.25) is 0 Å². The van der Waals surface area contributed by atoms with Crippen molar-refractivity contribution in [2.24, 2.45) is 0 Å². The molecule has 3 rings (SSSR count). The lowest BCUT2D eigenvalue weighted by molar-refractivity contribution is 0.102. The van der Waals surface area contributed by atoms with Crippen molar-refractivity contribution < 1.29 is 9.53 Å². The Morgan fingerprint density at radius 1 is 0.964 bits per heavy atom. The van der Waals surface area contributed by atoms with Crippen molar-refractivity contribution in [3.63, 3.8) is 0 Å². The molecule has 0 spiro atoms. The number of nitrogens with one attached hydrogen (secondary N) is 1. The Balaban J connectivity index is 1.55. The molecule has 1 N–H and O–H groups in total. The molecule has 0 aliphatic heterocycles. The highest BCUT2D eigenvalue weighted by Gasteiger charge is 2.07. The molecular weight excluding hydrogens is 390 g/mol. The van der Waals surface area contributed by atoms with Crippen molar-refractivity contribution >= 4 is 35.0 Å². The lowest BCUT2D eigenvalue weighted by Gasteiger charge is -2.11. The van der Waals surface area contributed by atoms with Gasteiger partial charge in [0.05, 0.1) is 6.10 Å².